The number of carbonyl (C=O) groups is 1. The van der Waals surface area contributed by atoms with Gasteiger partial charge >= 0.3 is 5.97 Å². The average molecular weight is 452 g/mol. The number of carboxylic acid groups (broad SMARTS) is 1. The van der Waals surface area contributed by atoms with E-state index < -0.39 is 12.1 Å². The SMILES string of the molecule is CCOCCOc1cc(C(O)C#Cc2ccc(C(=O)O)nc2)cc2c1C(C)(C)CCC2(C)C. The third-order valence-corrected chi connectivity index (χ3v) is 6.25. The van der Waals surface area contributed by atoms with Crippen LogP contribution in [0.5, 0.6) is 5.75 Å². The molecule has 0 radical (unpaired) electrons. The number of aromatic nitrogens is 1. The molecule has 1 aliphatic rings. The Labute approximate surface area is 196 Å². The number of carboxylic acids is 1. The second-order valence-corrected chi connectivity index (χ2v) is 9.66. The maximum Gasteiger partial charge on any atom is 0.354 e. The van der Waals surface area contributed by atoms with Crippen LogP contribution in [0.3, 0.4) is 0 Å². The summed E-state index contributed by atoms with van der Waals surface area (Å²) in [5, 5.41) is 19.9. The summed E-state index contributed by atoms with van der Waals surface area (Å²) in [6.45, 7) is 12.4. The molecule has 1 aliphatic carbocycles. The monoisotopic (exact) mass is 451 g/mol. The molecule has 3 rings (SSSR count). The minimum atomic E-state index is -1.09. The highest BCUT2D eigenvalue weighted by molar-refractivity contribution is 5.85. The number of aliphatic hydroxyl groups excluding tert-OH is 1. The van der Waals surface area contributed by atoms with Crippen LogP contribution in [0.1, 0.15) is 86.3 Å². The van der Waals surface area contributed by atoms with Crippen LogP contribution >= 0.6 is 0 Å². The summed E-state index contributed by atoms with van der Waals surface area (Å²) >= 11 is 0. The van der Waals surface area contributed by atoms with E-state index in [1.54, 1.807) is 6.07 Å². The van der Waals surface area contributed by atoms with Crippen LogP contribution in [0.15, 0.2) is 30.5 Å². The number of benzene rings is 1. The summed E-state index contributed by atoms with van der Waals surface area (Å²) in [4.78, 5) is 14.8. The Kier molecular flexibility index (Phi) is 7.46. The summed E-state index contributed by atoms with van der Waals surface area (Å²) in [5.74, 6) is 5.43. The van der Waals surface area contributed by atoms with Crippen molar-refractivity contribution in [2.24, 2.45) is 0 Å². The molecule has 0 fully saturated rings. The van der Waals surface area contributed by atoms with Crippen molar-refractivity contribution in [3.05, 3.63) is 58.4 Å². The fraction of sp³-hybridized carbons (Fsp3) is 0.481. The number of aromatic carboxylic acids is 1. The first-order valence-electron chi connectivity index (χ1n) is 11.3. The van der Waals surface area contributed by atoms with Crippen molar-refractivity contribution in [3.8, 4) is 17.6 Å². The van der Waals surface area contributed by atoms with E-state index in [1.165, 1.54) is 23.4 Å². The van der Waals surface area contributed by atoms with Crippen molar-refractivity contribution in [2.45, 2.75) is 64.4 Å². The lowest BCUT2D eigenvalue weighted by atomic mass is 9.62. The Hall–Kier alpha value is -2.88. The number of nitrogens with zero attached hydrogens (tertiary/aromatic N) is 1. The molecule has 0 saturated heterocycles. The Balaban J connectivity index is 1.97. The number of fused-ring (bicyclic) bond motifs is 1. The topological polar surface area (TPSA) is 88.9 Å². The first-order valence-corrected chi connectivity index (χ1v) is 11.3. The van der Waals surface area contributed by atoms with E-state index in [4.69, 9.17) is 14.6 Å². The van der Waals surface area contributed by atoms with E-state index >= 15 is 0 Å². The van der Waals surface area contributed by atoms with E-state index in [1.807, 2.05) is 13.0 Å². The van der Waals surface area contributed by atoms with Gasteiger partial charge in [0.2, 0.25) is 0 Å². The van der Waals surface area contributed by atoms with Gasteiger partial charge in [0, 0.05) is 23.9 Å². The molecule has 1 unspecified atom stereocenters. The van der Waals surface area contributed by atoms with Crippen molar-refractivity contribution >= 4 is 5.97 Å². The number of ether oxygens (including phenoxy) is 2. The molecule has 0 aliphatic heterocycles. The van der Waals surface area contributed by atoms with Gasteiger partial charge in [-0.15, -0.1) is 0 Å². The molecule has 2 N–H and O–H groups in total. The number of hydrogen-bond acceptors (Lipinski definition) is 5. The molecule has 1 heterocycles. The third kappa shape index (κ3) is 5.73. The van der Waals surface area contributed by atoms with Gasteiger partial charge in [-0.25, -0.2) is 9.78 Å². The fourth-order valence-electron chi connectivity index (χ4n) is 4.21. The molecule has 1 aromatic heterocycles. The zero-order valence-corrected chi connectivity index (χ0v) is 20.1. The number of rotatable bonds is 7. The van der Waals surface area contributed by atoms with Gasteiger partial charge in [0.05, 0.1) is 6.61 Å². The van der Waals surface area contributed by atoms with Gasteiger partial charge < -0.3 is 19.7 Å². The molecule has 0 saturated carbocycles. The lowest BCUT2D eigenvalue weighted by molar-refractivity contribution is 0.0690. The predicted octanol–water partition coefficient (Wildman–Crippen LogP) is 4.63. The van der Waals surface area contributed by atoms with E-state index in [2.05, 4.69) is 50.6 Å². The van der Waals surface area contributed by atoms with Crippen molar-refractivity contribution in [2.75, 3.05) is 19.8 Å². The normalized spacial score (nSPS) is 16.8. The van der Waals surface area contributed by atoms with E-state index in [0.717, 1.165) is 18.6 Å². The van der Waals surface area contributed by atoms with Gasteiger partial charge in [0.1, 0.15) is 24.2 Å². The maximum absolute atomic E-state index is 11.0. The molecule has 176 valence electrons. The minimum absolute atomic E-state index is 0.0431. The lowest BCUT2D eigenvalue weighted by Gasteiger charge is -2.43. The quantitative estimate of drug-likeness (QED) is 0.471. The molecule has 6 heteroatoms. The summed E-state index contributed by atoms with van der Waals surface area (Å²) in [6, 6.07) is 6.92. The van der Waals surface area contributed by atoms with Gasteiger partial charge in [-0.3, -0.25) is 0 Å². The second-order valence-electron chi connectivity index (χ2n) is 9.66. The zero-order chi connectivity index (χ0) is 24.2. The lowest BCUT2D eigenvalue weighted by Crippen LogP contribution is -2.34. The molecular weight excluding hydrogens is 418 g/mol. The van der Waals surface area contributed by atoms with Crippen LogP contribution < -0.4 is 4.74 Å². The molecule has 0 amide bonds. The Morgan fingerprint density at radius 3 is 2.52 bits per heavy atom. The summed E-state index contributed by atoms with van der Waals surface area (Å²) in [7, 11) is 0. The maximum atomic E-state index is 11.0. The Morgan fingerprint density at radius 2 is 1.88 bits per heavy atom. The smallest absolute Gasteiger partial charge is 0.354 e. The number of pyridine rings is 1. The summed E-state index contributed by atoms with van der Waals surface area (Å²) in [6.07, 6.45) is 2.46. The number of hydrogen-bond donors (Lipinski definition) is 2. The van der Waals surface area contributed by atoms with Crippen LogP contribution in [0.2, 0.25) is 0 Å². The van der Waals surface area contributed by atoms with Crippen LogP contribution in [0.4, 0.5) is 0 Å². The van der Waals surface area contributed by atoms with Gasteiger partial charge in [-0.1, -0.05) is 45.6 Å². The standard InChI is InChI=1S/C27H33NO5/c1-6-32-13-14-33-23-16-19(15-20-24(23)27(4,5)12-11-26(20,2)3)22(29)10-8-18-7-9-21(25(30)31)28-17-18/h7,9,15-17,22,29H,6,11-14H2,1-5H3,(H,30,31). The highest BCUT2D eigenvalue weighted by Gasteiger charge is 2.40. The van der Waals surface area contributed by atoms with Crippen LogP contribution in [0.25, 0.3) is 0 Å². The zero-order valence-electron chi connectivity index (χ0n) is 20.1. The second kappa shape index (κ2) is 9.94. The van der Waals surface area contributed by atoms with Crippen molar-refractivity contribution in [1.29, 1.82) is 0 Å². The summed E-state index contributed by atoms with van der Waals surface area (Å²) < 4.78 is 11.6. The van der Waals surface area contributed by atoms with Crippen LogP contribution in [-0.4, -0.2) is 41.0 Å². The van der Waals surface area contributed by atoms with Gasteiger partial charge in [0.15, 0.2) is 0 Å². The van der Waals surface area contributed by atoms with Crippen LogP contribution in [0, 0.1) is 11.8 Å². The first-order chi connectivity index (χ1) is 15.5. The van der Waals surface area contributed by atoms with E-state index in [-0.39, 0.29) is 16.5 Å². The molecule has 1 atom stereocenters. The molecule has 0 bridgehead atoms. The predicted molar refractivity (Wildman–Crippen MR) is 127 cm³/mol. The summed E-state index contributed by atoms with van der Waals surface area (Å²) in [5.41, 5.74) is 3.43. The molecule has 6 nitrogen and oxygen atoms in total. The minimum Gasteiger partial charge on any atom is -0.491 e. The Bertz CT molecular complexity index is 1060. The van der Waals surface area contributed by atoms with E-state index in [0.29, 0.717) is 30.9 Å². The van der Waals surface area contributed by atoms with Gasteiger partial charge in [-0.2, -0.15) is 0 Å². The van der Waals surface area contributed by atoms with Gasteiger partial charge in [0.25, 0.3) is 0 Å². The highest BCUT2D eigenvalue weighted by Crippen LogP contribution is 2.50. The number of aliphatic hydroxyl groups is 1. The fourth-order valence-corrected chi connectivity index (χ4v) is 4.21. The molecule has 0 spiro atoms. The van der Waals surface area contributed by atoms with Crippen LogP contribution in [-0.2, 0) is 15.6 Å². The van der Waals surface area contributed by atoms with E-state index in [9.17, 15) is 9.90 Å². The van der Waals surface area contributed by atoms with Crippen molar-refractivity contribution in [1.82, 2.24) is 4.98 Å². The Morgan fingerprint density at radius 1 is 1.15 bits per heavy atom. The van der Waals surface area contributed by atoms with Crippen molar-refractivity contribution in [3.63, 3.8) is 0 Å². The third-order valence-electron chi connectivity index (χ3n) is 6.25. The molecular formula is C27H33NO5. The first kappa shape index (κ1) is 24.8. The average Bonchev–Trinajstić information content (AvgIpc) is 2.78. The molecule has 1 aromatic carbocycles. The highest BCUT2D eigenvalue weighted by atomic mass is 16.5. The molecule has 2 aromatic rings. The largest absolute Gasteiger partial charge is 0.491 e. The van der Waals surface area contributed by atoms with Crippen molar-refractivity contribution < 1.29 is 24.5 Å². The molecule has 33 heavy (non-hydrogen) atoms. The van der Waals surface area contributed by atoms with Gasteiger partial charge in [-0.05, 0) is 59.9 Å².